The van der Waals surface area contributed by atoms with Crippen LogP contribution in [0.15, 0.2) is 12.2 Å². The van der Waals surface area contributed by atoms with E-state index in [-0.39, 0.29) is 28.9 Å². The number of hydrogen-bond acceptors (Lipinski definition) is 5. The summed E-state index contributed by atoms with van der Waals surface area (Å²) in [4.78, 5) is 37.2. The summed E-state index contributed by atoms with van der Waals surface area (Å²) in [5, 5.41) is -0.371. The summed E-state index contributed by atoms with van der Waals surface area (Å²) in [6.45, 7) is 0.629. The molecule has 2 saturated carbocycles. The molecule has 30 heavy (non-hydrogen) atoms. The van der Waals surface area contributed by atoms with Gasteiger partial charge in [0.1, 0.15) is 6.04 Å². The van der Waals surface area contributed by atoms with Gasteiger partial charge >= 0.3 is 0 Å². The second kappa shape index (κ2) is 9.94. The molecule has 3 fully saturated rings. The summed E-state index contributed by atoms with van der Waals surface area (Å²) in [5.41, 5.74) is 5.35. The Morgan fingerprint density at radius 2 is 1.80 bits per heavy atom. The minimum Gasteiger partial charge on any atom is -0.368 e. The van der Waals surface area contributed by atoms with Gasteiger partial charge in [0.15, 0.2) is 0 Å². The fourth-order valence-electron chi connectivity index (χ4n) is 4.07. The molecule has 3 amide bonds. The highest BCUT2D eigenvalue weighted by molar-refractivity contribution is 7.90. The Labute approximate surface area is 178 Å². The van der Waals surface area contributed by atoms with Crippen molar-refractivity contribution >= 4 is 27.7 Å². The summed E-state index contributed by atoms with van der Waals surface area (Å²) in [5.74, 6) is -0.811. The monoisotopic (exact) mass is 439 g/mol. The van der Waals surface area contributed by atoms with E-state index < -0.39 is 22.0 Å². The summed E-state index contributed by atoms with van der Waals surface area (Å²) >= 11 is 0. The van der Waals surface area contributed by atoms with Crippen LogP contribution in [-0.2, 0) is 24.4 Å². The maximum Gasteiger partial charge on any atom is 0.240 e. The molecule has 0 aromatic heterocycles. The SMILES string of the molecule is NC(=O)C1CCCN1C(=O)CCCCCC/C=C\C1CC1C(=O)NS(=O)(=O)C1CC1. The first-order valence-corrected chi connectivity index (χ1v) is 12.6. The number of hydrogen-bond donors (Lipinski definition) is 2. The minimum absolute atomic E-state index is 0.0259. The number of unbranched alkanes of at least 4 members (excludes halogenated alkanes) is 4. The van der Waals surface area contributed by atoms with E-state index in [1.165, 1.54) is 0 Å². The second-order valence-corrected chi connectivity index (χ2v) is 10.7. The Bertz CT molecular complexity index is 790. The summed E-state index contributed by atoms with van der Waals surface area (Å²) < 4.78 is 25.8. The number of carbonyl (C=O) groups is 3. The Balaban J connectivity index is 1.21. The van der Waals surface area contributed by atoms with Crippen molar-refractivity contribution in [2.24, 2.45) is 17.6 Å². The van der Waals surface area contributed by atoms with Crippen LogP contribution in [-0.4, -0.2) is 48.9 Å². The summed E-state index contributed by atoms with van der Waals surface area (Å²) in [6.07, 6.45) is 12.8. The van der Waals surface area contributed by atoms with Crippen molar-refractivity contribution in [1.29, 1.82) is 0 Å². The summed E-state index contributed by atoms with van der Waals surface area (Å²) in [7, 11) is -3.45. The largest absolute Gasteiger partial charge is 0.368 e. The lowest BCUT2D eigenvalue weighted by atomic mass is 10.1. The third-order valence-corrected chi connectivity index (χ3v) is 8.01. The second-order valence-electron chi connectivity index (χ2n) is 8.75. The van der Waals surface area contributed by atoms with Gasteiger partial charge in [-0.3, -0.25) is 19.1 Å². The number of allylic oxidation sites excluding steroid dienone is 2. The fourth-order valence-corrected chi connectivity index (χ4v) is 5.43. The Hall–Kier alpha value is -1.90. The third-order valence-electron chi connectivity index (χ3n) is 6.18. The van der Waals surface area contributed by atoms with Gasteiger partial charge < -0.3 is 10.6 Å². The molecule has 0 aromatic rings. The maximum absolute atomic E-state index is 12.2. The molecule has 0 radical (unpaired) electrons. The predicted molar refractivity (Wildman–Crippen MR) is 112 cm³/mol. The van der Waals surface area contributed by atoms with E-state index >= 15 is 0 Å². The van der Waals surface area contributed by atoms with Crippen LogP contribution in [0.25, 0.3) is 0 Å². The van der Waals surface area contributed by atoms with E-state index in [2.05, 4.69) is 10.8 Å². The maximum atomic E-state index is 12.2. The molecule has 1 saturated heterocycles. The van der Waals surface area contributed by atoms with E-state index in [1.807, 2.05) is 6.08 Å². The lowest BCUT2D eigenvalue weighted by Gasteiger charge is -2.22. The Morgan fingerprint density at radius 3 is 2.50 bits per heavy atom. The van der Waals surface area contributed by atoms with Gasteiger partial charge in [-0.1, -0.05) is 25.0 Å². The molecule has 0 bridgehead atoms. The smallest absolute Gasteiger partial charge is 0.240 e. The number of nitrogens with zero attached hydrogens (tertiary/aromatic N) is 1. The lowest BCUT2D eigenvalue weighted by molar-refractivity contribution is -0.137. The van der Waals surface area contributed by atoms with Crippen molar-refractivity contribution in [2.75, 3.05) is 6.54 Å². The van der Waals surface area contributed by atoms with Crippen LogP contribution in [0.5, 0.6) is 0 Å². The first-order chi connectivity index (χ1) is 14.3. The normalized spacial score (nSPS) is 26.1. The lowest BCUT2D eigenvalue weighted by Crippen LogP contribution is -2.43. The molecule has 3 unspecified atom stereocenters. The number of nitrogens with one attached hydrogen (secondary N) is 1. The Morgan fingerprint density at radius 1 is 1.07 bits per heavy atom. The molecule has 3 aliphatic rings. The van der Waals surface area contributed by atoms with Gasteiger partial charge in [-0.2, -0.15) is 0 Å². The van der Waals surface area contributed by atoms with Crippen molar-refractivity contribution in [3.05, 3.63) is 12.2 Å². The minimum atomic E-state index is -3.45. The highest BCUT2D eigenvalue weighted by atomic mass is 32.2. The van der Waals surface area contributed by atoms with Crippen LogP contribution in [0, 0.1) is 11.8 Å². The van der Waals surface area contributed by atoms with Gasteiger partial charge in [0.2, 0.25) is 27.7 Å². The van der Waals surface area contributed by atoms with Crippen molar-refractivity contribution in [3.8, 4) is 0 Å². The number of carbonyl (C=O) groups excluding carboxylic acids is 3. The molecule has 1 aliphatic heterocycles. The zero-order valence-corrected chi connectivity index (χ0v) is 18.2. The number of amides is 3. The van der Waals surface area contributed by atoms with E-state index in [0.717, 1.165) is 38.5 Å². The van der Waals surface area contributed by atoms with Gasteiger partial charge in [0, 0.05) is 18.9 Å². The number of primary amides is 1. The van der Waals surface area contributed by atoms with Gasteiger partial charge in [-0.15, -0.1) is 0 Å². The van der Waals surface area contributed by atoms with Crippen LogP contribution in [0.4, 0.5) is 0 Å². The topological polar surface area (TPSA) is 127 Å². The summed E-state index contributed by atoms with van der Waals surface area (Å²) in [6, 6.07) is -0.426. The van der Waals surface area contributed by atoms with Crippen LogP contribution < -0.4 is 10.5 Å². The number of likely N-dealkylation sites (tertiary alicyclic amines) is 1. The Kier molecular flexibility index (Phi) is 7.55. The average Bonchev–Trinajstić information content (AvgIpc) is 3.60. The van der Waals surface area contributed by atoms with E-state index in [9.17, 15) is 22.8 Å². The van der Waals surface area contributed by atoms with E-state index in [4.69, 9.17) is 5.73 Å². The molecular weight excluding hydrogens is 406 g/mol. The average molecular weight is 440 g/mol. The molecule has 0 aromatic carbocycles. The van der Waals surface area contributed by atoms with E-state index in [1.54, 1.807) is 4.90 Å². The first kappa shape index (κ1) is 22.8. The molecule has 1 heterocycles. The molecule has 3 N–H and O–H groups in total. The van der Waals surface area contributed by atoms with Crippen LogP contribution in [0.3, 0.4) is 0 Å². The predicted octanol–water partition coefficient (Wildman–Crippen LogP) is 1.60. The van der Waals surface area contributed by atoms with Crippen molar-refractivity contribution in [3.63, 3.8) is 0 Å². The number of nitrogens with two attached hydrogens (primary N) is 1. The third kappa shape index (κ3) is 6.30. The fraction of sp³-hybridized carbons (Fsp3) is 0.762. The zero-order chi connectivity index (χ0) is 21.7. The van der Waals surface area contributed by atoms with Gasteiger partial charge in [-0.05, 0) is 57.3 Å². The molecule has 9 heteroatoms. The van der Waals surface area contributed by atoms with Crippen LogP contribution in [0.1, 0.15) is 70.6 Å². The van der Waals surface area contributed by atoms with Gasteiger partial charge in [-0.25, -0.2) is 8.42 Å². The molecule has 168 valence electrons. The van der Waals surface area contributed by atoms with Crippen LogP contribution >= 0.6 is 0 Å². The molecule has 2 aliphatic carbocycles. The molecular formula is C21H33N3O5S. The van der Waals surface area contributed by atoms with E-state index in [0.29, 0.717) is 38.6 Å². The zero-order valence-electron chi connectivity index (χ0n) is 17.4. The highest BCUT2D eigenvalue weighted by Gasteiger charge is 2.44. The van der Waals surface area contributed by atoms with Crippen LogP contribution in [0.2, 0.25) is 0 Å². The molecule has 8 nitrogen and oxygen atoms in total. The first-order valence-electron chi connectivity index (χ1n) is 11.1. The quantitative estimate of drug-likeness (QED) is 0.353. The van der Waals surface area contributed by atoms with Crippen molar-refractivity contribution in [2.45, 2.75) is 81.9 Å². The molecule has 3 rings (SSSR count). The van der Waals surface area contributed by atoms with Crippen molar-refractivity contribution in [1.82, 2.24) is 9.62 Å². The number of sulfonamides is 1. The molecule has 3 atom stereocenters. The standard InChI is InChI=1S/C21H33N3O5S/c22-20(26)18-9-7-13-24(18)19(25)10-6-4-2-1-3-5-8-15-14-17(15)21(27)23-30(28,29)16-11-12-16/h5,8,15-18H,1-4,6-7,9-14H2,(H2,22,26)(H,23,27)/b8-5-. The van der Waals surface area contributed by atoms with Gasteiger partial charge in [0.25, 0.3) is 0 Å². The highest BCUT2D eigenvalue weighted by Crippen LogP contribution is 2.40. The number of rotatable bonds is 12. The van der Waals surface area contributed by atoms with Gasteiger partial charge in [0.05, 0.1) is 5.25 Å². The van der Waals surface area contributed by atoms with Crippen molar-refractivity contribution < 1.29 is 22.8 Å². The molecule has 0 spiro atoms.